The molecule has 2 unspecified atom stereocenters. The highest BCUT2D eigenvalue weighted by molar-refractivity contribution is 7.47. The summed E-state index contributed by atoms with van der Waals surface area (Å²) in [5, 5.41) is 10.6. The summed E-state index contributed by atoms with van der Waals surface area (Å²) in [5.74, 6) is -1.31. The molecular formula is C72H140O17P2. The zero-order valence-corrected chi connectivity index (χ0v) is 60.8. The Balaban J connectivity index is 5.20. The van der Waals surface area contributed by atoms with Crippen LogP contribution < -0.4 is 0 Å². The Hall–Kier alpha value is -1.94. The van der Waals surface area contributed by atoms with Crippen molar-refractivity contribution in [2.45, 2.75) is 393 Å². The largest absolute Gasteiger partial charge is 0.472 e. The van der Waals surface area contributed by atoms with Crippen molar-refractivity contribution in [3.8, 4) is 0 Å². The van der Waals surface area contributed by atoms with Crippen LogP contribution in [0.1, 0.15) is 375 Å². The van der Waals surface area contributed by atoms with Gasteiger partial charge in [-0.2, -0.15) is 0 Å². The van der Waals surface area contributed by atoms with Gasteiger partial charge in [-0.15, -0.1) is 0 Å². The number of carbonyl (C=O) groups excluding carboxylic acids is 4. The zero-order valence-electron chi connectivity index (χ0n) is 59.0. The molecule has 0 aromatic rings. The minimum absolute atomic E-state index is 0.107. The van der Waals surface area contributed by atoms with E-state index in [1.165, 1.54) is 199 Å². The number of hydrogen-bond donors (Lipinski definition) is 3. The van der Waals surface area contributed by atoms with Gasteiger partial charge in [0.15, 0.2) is 12.2 Å². The first-order valence-corrected chi connectivity index (χ1v) is 40.6. The molecule has 0 rings (SSSR count). The Kier molecular flexibility index (Phi) is 64.0. The van der Waals surface area contributed by atoms with E-state index in [1.54, 1.807) is 0 Å². The minimum Gasteiger partial charge on any atom is -0.462 e. The van der Waals surface area contributed by atoms with E-state index < -0.39 is 97.5 Å². The molecular weight excluding hydrogens is 1200 g/mol. The summed E-state index contributed by atoms with van der Waals surface area (Å²) in [6.45, 7) is 7.28. The lowest BCUT2D eigenvalue weighted by molar-refractivity contribution is -0.161. The Morgan fingerprint density at radius 1 is 0.297 bits per heavy atom. The first-order valence-electron chi connectivity index (χ1n) is 37.6. The summed E-state index contributed by atoms with van der Waals surface area (Å²) >= 11 is 0. The predicted octanol–water partition coefficient (Wildman–Crippen LogP) is 20.9. The minimum atomic E-state index is -4.95. The monoisotopic (exact) mass is 1340 g/mol. The Labute approximate surface area is 556 Å². The van der Waals surface area contributed by atoms with Crippen molar-refractivity contribution in [3.05, 3.63) is 0 Å². The first-order chi connectivity index (χ1) is 44.0. The lowest BCUT2D eigenvalue weighted by Crippen LogP contribution is -2.30. The number of rotatable bonds is 72. The van der Waals surface area contributed by atoms with Crippen molar-refractivity contribution >= 4 is 39.5 Å². The number of phosphoric acid groups is 2. The third-order valence-electron chi connectivity index (χ3n) is 16.8. The van der Waals surface area contributed by atoms with Crippen LogP contribution in [0.4, 0.5) is 0 Å². The lowest BCUT2D eigenvalue weighted by atomic mass is 10.0. The van der Waals surface area contributed by atoms with Gasteiger partial charge in [-0.3, -0.25) is 37.3 Å². The fourth-order valence-electron chi connectivity index (χ4n) is 11.0. The van der Waals surface area contributed by atoms with Gasteiger partial charge in [0.25, 0.3) is 0 Å². The van der Waals surface area contributed by atoms with E-state index in [0.717, 1.165) is 95.8 Å². The van der Waals surface area contributed by atoms with Gasteiger partial charge >= 0.3 is 39.5 Å². The van der Waals surface area contributed by atoms with Crippen LogP contribution in [0.2, 0.25) is 0 Å². The Morgan fingerprint density at radius 3 is 0.747 bits per heavy atom. The van der Waals surface area contributed by atoms with Crippen molar-refractivity contribution in [1.82, 2.24) is 0 Å². The Bertz CT molecular complexity index is 1750. The normalized spacial score (nSPS) is 14.0. The molecule has 0 fully saturated rings. The van der Waals surface area contributed by atoms with Crippen LogP contribution in [0.25, 0.3) is 0 Å². The SMILES string of the molecule is CCCCCCCCCCCCCCC(=O)OC[C@H](COP(=O)(O)OC[C@@H](O)COP(=O)(O)OC[C@@H](COC(=O)CCCCCCCCCCCC)OC(=O)CCCCCCCCCCCC)OC(=O)CCCCCCCCCCCCCCCCCCC(C)C. The van der Waals surface area contributed by atoms with Gasteiger partial charge in [0.1, 0.15) is 19.3 Å². The van der Waals surface area contributed by atoms with Crippen LogP contribution in [-0.2, 0) is 65.4 Å². The summed E-state index contributed by atoms with van der Waals surface area (Å²) in [5.41, 5.74) is 0. The first kappa shape index (κ1) is 89.1. The molecule has 0 saturated heterocycles. The molecule has 0 aromatic heterocycles. The van der Waals surface area contributed by atoms with E-state index in [0.29, 0.717) is 25.7 Å². The molecule has 0 heterocycles. The summed E-state index contributed by atoms with van der Waals surface area (Å²) in [6, 6.07) is 0. The second kappa shape index (κ2) is 65.4. The molecule has 0 radical (unpaired) electrons. The number of unbranched alkanes of at least 4 members (excludes halogenated alkanes) is 44. The fraction of sp³-hybridized carbons (Fsp3) is 0.944. The maximum atomic E-state index is 13.0. The van der Waals surface area contributed by atoms with Crippen molar-refractivity contribution in [3.63, 3.8) is 0 Å². The molecule has 17 nitrogen and oxygen atoms in total. The average Bonchev–Trinajstić information content (AvgIpc) is 3.37. The summed E-state index contributed by atoms with van der Waals surface area (Å²) in [6.07, 6.45) is 52.6. The van der Waals surface area contributed by atoms with Crippen molar-refractivity contribution in [1.29, 1.82) is 0 Å². The number of ether oxygens (including phenoxy) is 4. The molecule has 91 heavy (non-hydrogen) atoms. The fourth-order valence-corrected chi connectivity index (χ4v) is 12.6. The molecule has 0 spiro atoms. The van der Waals surface area contributed by atoms with Crippen molar-refractivity contribution in [2.24, 2.45) is 5.92 Å². The van der Waals surface area contributed by atoms with Gasteiger partial charge in [-0.1, -0.05) is 324 Å². The third-order valence-corrected chi connectivity index (χ3v) is 18.7. The molecule has 5 atom stereocenters. The van der Waals surface area contributed by atoms with Gasteiger partial charge in [0.2, 0.25) is 0 Å². The van der Waals surface area contributed by atoms with E-state index >= 15 is 0 Å². The number of carbonyl (C=O) groups is 4. The van der Waals surface area contributed by atoms with Gasteiger partial charge in [0.05, 0.1) is 26.4 Å². The van der Waals surface area contributed by atoms with Crippen LogP contribution in [-0.4, -0.2) is 96.7 Å². The van der Waals surface area contributed by atoms with Crippen molar-refractivity contribution in [2.75, 3.05) is 39.6 Å². The molecule has 3 N–H and O–H groups in total. The van der Waals surface area contributed by atoms with Crippen LogP contribution in [0.15, 0.2) is 0 Å². The maximum Gasteiger partial charge on any atom is 0.472 e. The smallest absolute Gasteiger partial charge is 0.462 e. The molecule has 0 aromatic carbocycles. The molecule has 0 amide bonds. The van der Waals surface area contributed by atoms with Crippen LogP contribution >= 0.6 is 15.6 Å². The topological polar surface area (TPSA) is 237 Å². The molecule has 540 valence electrons. The second-order valence-electron chi connectivity index (χ2n) is 26.5. The quantitative estimate of drug-likeness (QED) is 0.0222. The van der Waals surface area contributed by atoms with E-state index in [9.17, 15) is 43.2 Å². The summed E-state index contributed by atoms with van der Waals surface area (Å²) in [4.78, 5) is 72.5. The van der Waals surface area contributed by atoms with Gasteiger partial charge in [0, 0.05) is 25.7 Å². The van der Waals surface area contributed by atoms with Crippen LogP contribution in [0.5, 0.6) is 0 Å². The zero-order chi connectivity index (χ0) is 67.0. The van der Waals surface area contributed by atoms with Gasteiger partial charge in [-0.05, 0) is 31.6 Å². The third kappa shape index (κ3) is 66.5. The number of esters is 4. The Morgan fingerprint density at radius 2 is 0.505 bits per heavy atom. The van der Waals surface area contributed by atoms with Crippen molar-refractivity contribution < 1.29 is 80.2 Å². The van der Waals surface area contributed by atoms with Gasteiger partial charge < -0.3 is 33.8 Å². The molecule has 0 aliphatic rings. The predicted molar refractivity (Wildman–Crippen MR) is 368 cm³/mol. The highest BCUT2D eigenvalue weighted by atomic mass is 31.2. The molecule has 0 aliphatic heterocycles. The number of phosphoric ester groups is 2. The van der Waals surface area contributed by atoms with Crippen LogP contribution in [0, 0.1) is 5.92 Å². The van der Waals surface area contributed by atoms with E-state index in [-0.39, 0.29) is 25.7 Å². The van der Waals surface area contributed by atoms with E-state index in [4.69, 9.17) is 37.0 Å². The number of hydrogen-bond acceptors (Lipinski definition) is 15. The number of aliphatic hydroxyl groups is 1. The molecule has 0 aliphatic carbocycles. The molecule has 0 bridgehead atoms. The molecule has 0 saturated carbocycles. The second-order valence-corrected chi connectivity index (χ2v) is 29.4. The highest BCUT2D eigenvalue weighted by Gasteiger charge is 2.30. The molecule has 19 heteroatoms. The standard InChI is InChI=1S/C72H140O17P2/c1-6-9-12-15-18-21-24-32-37-41-46-51-56-70(75)83-62-68(89-72(77)58-53-48-43-38-33-30-28-26-25-27-29-31-34-39-44-49-54-65(4)5)64-87-91(80,81)85-60-66(73)59-84-90(78,79)86-63-67(88-71(76)57-52-47-42-36-23-20-17-14-11-8-3)61-82-69(74)55-50-45-40-35-22-19-16-13-10-7-2/h65-68,73H,6-64H2,1-5H3,(H,78,79)(H,80,81)/t66-,67+,68+/m0/s1. The summed E-state index contributed by atoms with van der Waals surface area (Å²) in [7, 11) is -9.90. The van der Waals surface area contributed by atoms with Crippen LogP contribution in [0.3, 0.4) is 0 Å². The van der Waals surface area contributed by atoms with E-state index in [2.05, 4.69) is 34.6 Å². The van der Waals surface area contributed by atoms with Gasteiger partial charge in [-0.25, -0.2) is 9.13 Å². The maximum absolute atomic E-state index is 13.0. The highest BCUT2D eigenvalue weighted by Crippen LogP contribution is 2.45. The lowest BCUT2D eigenvalue weighted by Gasteiger charge is -2.21. The van der Waals surface area contributed by atoms with E-state index in [1.807, 2.05) is 0 Å². The summed E-state index contributed by atoms with van der Waals surface area (Å²) < 4.78 is 68.3. The number of aliphatic hydroxyl groups excluding tert-OH is 1. The average molecular weight is 1340 g/mol.